The molecule has 6 heteroatoms. The molecular formula is C21H26FN3O2. The van der Waals surface area contributed by atoms with Crippen LogP contribution in [0.5, 0.6) is 0 Å². The number of carbonyl (C=O) groups is 2. The topological polar surface area (TPSA) is 45.6 Å². The van der Waals surface area contributed by atoms with Gasteiger partial charge in [-0.05, 0) is 49.6 Å². The Balaban J connectivity index is 1.88. The summed E-state index contributed by atoms with van der Waals surface area (Å²) in [5, 5.41) is 0. The van der Waals surface area contributed by atoms with Crippen molar-refractivity contribution in [1.29, 1.82) is 0 Å². The molecule has 0 unspecified atom stereocenters. The summed E-state index contributed by atoms with van der Waals surface area (Å²) in [6, 6.07) is 6.38. The van der Waals surface area contributed by atoms with Gasteiger partial charge in [0.15, 0.2) is 0 Å². The van der Waals surface area contributed by atoms with Crippen LogP contribution in [0.25, 0.3) is 0 Å². The van der Waals surface area contributed by atoms with E-state index in [1.165, 1.54) is 12.1 Å². The number of amides is 2. The van der Waals surface area contributed by atoms with E-state index in [2.05, 4.69) is 0 Å². The molecule has 3 rings (SSSR count). The van der Waals surface area contributed by atoms with Gasteiger partial charge in [-0.15, -0.1) is 0 Å². The molecule has 2 heterocycles. The van der Waals surface area contributed by atoms with E-state index in [1.807, 2.05) is 30.2 Å². The van der Waals surface area contributed by atoms with Gasteiger partial charge in [0.2, 0.25) is 5.91 Å². The molecule has 1 fully saturated rings. The van der Waals surface area contributed by atoms with Crippen LogP contribution in [0, 0.1) is 26.6 Å². The predicted octanol–water partition coefficient (Wildman–Crippen LogP) is 2.91. The van der Waals surface area contributed by atoms with Gasteiger partial charge in [0.05, 0.1) is 0 Å². The Hall–Kier alpha value is -2.63. The minimum atomic E-state index is -0.269. The zero-order valence-electron chi connectivity index (χ0n) is 16.4. The number of piperazine rings is 1. The van der Waals surface area contributed by atoms with Crippen molar-refractivity contribution in [1.82, 2.24) is 14.4 Å². The zero-order chi connectivity index (χ0) is 19.7. The molecule has 0 N–H and O–H groups in total. The molecule has 0 aliphatic carbocycles. The molecule has 0 atom stereocenters. The second-order valence-corrected chi connectivity index (χ2v) is 7.19. The van der Waals surface area contributed by atoms with Crippen molar-refractivity contribution in [3.8, 4) is 0 Å². The summed E-state index contributed by atoms with van der Waals surface area (Å²) >= 11 is 0. The van der Waals surface area contributed by atoms with Gasteiger partial charge in [-0.1, -0.05) is 12.1 Å². The largest absolute Gasteiger partial charge is 0.339 e. The molecule has 0 spiro atoms. The predicted molar refractivity (Wildman–Crippen MR) is 102 cm³/mol. The lowest BCUT2D eigenvalue weighted by Gasteiger charge is -2.34. The van der Waals surface area contributed by atoms with Gasteiger partial charge in [-0.3, -0.25) is 9.59 Å². The SMILES string of the molecule is CC(=O)N1CCN(C(=O)c2c(C)c(C)c(C)n2Cc2ccc(F)cc2)CC1. The molecular weight excluding hydrogens is 345 g/mol. The van der Waals surface area contributed by atoms with Crippen LogP contribution in [-0.4, -0.2) is 52.4 Å². The fraction of sp³-hybridized carbons (Fsp3) is 0.429. The maximum Gasteiger partial charge on any atom is 0.270 e. The minimum absolute atomic E-state index is 0.00554. The van der Waals surface area contributed by atoms with Crippen LogP contribution in [0.15, 0.2) is 24.3 Å². The van der Waals surface area contributed by atoms with Crippen molar-refractivity contribution < 1.29 is 14.0 Å². The molecule has 0 radical (unpaired) electrons. The molecule has 144 valence electrons. The third kappa shape index (κ3) is 3.75. The van der Waals surface area contributed by atoms with Gasteiger partial charge in [0.1, 0.15) is 11.5 Å². The highest BCUT2D eigenvalue weighted by molar-refractivity contribution is 5.95. The van der Waals surface area contributed by atoms with E-state index in [1.54, 1.807) is 24.0 Å². The highest BCUT2D eigenvalue weighted by Gasteiger charge is 2.28. The van der Waals surface area contributed by atoms with Crippen LogP contribution < -0.4 is 0 Å². The van der Waals surface area contributed by atoms with Gasteiger partial charge < -0.3 is 14.4 Å². The van der Waals surface area contributed by atoms with E-state index in [-0.39, 0.29) is 17.6 Å². The van der Waals surface area contributed by atoms with Crippen LogP contribution in [0.3, 0.4) is 0 Å². The average molecular weight is 371 g/mol. The molecule has 27 heavy (non-hydrogen) atoms. The van der Waals surface area contributed by atoms with E-state index in [9.17, 15) is 14.0 Å². The molecule has 1 aliphatic heterocycles. The van der Waals surface area contributed by atoms with Crippen molar-refractivity contribution in [2.45, 2.75) is 34.2 Å². The number of hydrogen-bond acceptors (Lipinski definition) is 2. The first-order valence-electron chi connectivity index (χ1n) is 9.25. The summed E-state index contributed by atoms with van der Waals surface area (Å²) in [5.74, 6) is -0.228. The van der Waals surface area contributed by atoms with Crippen LogP contribution >= 0.6 is 0 Å². The molecule has 1 saturated heterocycles. The minimum Gasteiger partial charge on any atom is -0.339 e. The quantitative estimate of drug-likeness (QED) is 0.833. The van der Waals surface area contributed by atoms with Gasteiger partial charge in [0, 0.05) is 45.3 Å². The molecule has 1 aliphatic rings. The second kappa shape index (κ2) is 7.55. The zero-order valence-corrected chi connectivity index (χ0v) is 16.4. The Bertz CT molecular complexity index is 863. The summed E-state index contributed by atoms with van der Waals surface area (Å²) in [4.78, 5) is 28.4. The summed E-state index contributed by atoms with van der Waals surface area (Å²) in [6.45, 7) is 10.3. The molecule has 1 aromatic heterocycles. The fourth-order valence-electron chi connectivity index (χ4n) is 3.64. The van der Waals surface area contributed by atoms with E-state index in [0.29, 0.717) is 38.4 Å². The smallest absolute Gasteiger partial charge is 0.270 e. The first-order chi connectivity index (χ1) is 12.8. The summed E-state index contributed by atoms with van der Waals surface area (Å²) < 4.78 is 15.2. The second-order valence-electron chi connectivity index (χ2n) is 7.19. The number of aromatic nitrogens is 1. The van der Waals surface area contributed by atoms with Crippen LogP contribution in [0.1, 0.15) is 39.8 Å². The average Bonchev–Trinajstić information content (AvgIpc) is 2.87. The van der Waals surface area contributed by atoms with E-state index < -0.39 is 0 Å². The highest BCUT2D eigenvalue weighted by atomic mass is 19.1. The number of benzene rings is 1. The number of nitrogens with zero attached hydrogens (tertiary/aromatic N) is 3. The van der Waals surface area contributed by atoms with Crippen molar-refractivity contribution in [2.24, 2.45) is 0 Å². The lowest BCUT2D eigenvalue weighted by molar-refractivity contribution is -0.130. The van der Waals surface area contributed by atoms with Crippen molar-refractivity contribution in [3.63, 3.8) is 0 Å². The Morgan fingerprint density at radius 2 is 1.48 bits per heavy atom. The monoisotopic (exact) mass is 371 g/mol. The van der Waals surface area contributed by atoms with Crippen LogP contribution in [0.4, 0.5) is 4.39 Å². The van der Waals surface area contributed by atoms with Crippen molar-refractivity contribution in [2.75, 3.05) is 26.2 Å². The number of rotatable bonds is 3. The third-order valence-corrected chi connectivity index (χ3v) is 5.60. The highest BCUT2D eigenvalue weighted by Crippen LogP contribution is 2.24. The van der Waals surface area contributed by atoms with E-state index in [4.69, 9.17) is 0 Å². The van der Waals surface area contributed by atoms with E-state index in [0.717, 1.165) is 22.4 Å². The summed E-state index contributed by atoms with van der Waals surface area (Å²) in [6.07, 6.45) is 0. The molecule has 2 amide bonds. The molecule has 0 bridgehead atoms. The summed E-state index contributed by atoms with van der Waals surface area (Å²) in [5.41, 5.74) is 4.76. The summed E-state index contributed by atoms with van der Waals surface area (Å²) in [7, 11) is 0. The number of carbonyl (C=O) groups excluding carboxylic acids is 2. The molecule has 1 aromatic carbocycles. The molecule has 5 nitrogen and oxygen atoms in total. The lowest BCUT2D eigenvalue weighted by atomic mass is 10.1. The van der Waals surface area contributed by atoms with Gasteiger partial charge in [-0.25, -0.2) is 4.39 Å². The first kappa shape index (κ1) is 19.1. The Morgan fingerprint density at radius 1 is 0.926 bits per heavy atom. The maximum absolute atomic E-state index is 13.3. The van der Waals surface area contributed by atoms with E-state index >= 15 is 0 Å². The van der Waals surface area contributed by atoms with Crippen molar-refractivity contribution >= 4 is 11.8 Å². The van der Waals surface area contributed by atoms with Gasteiger partial charge >= 0.3 is 0 Å². The van der Waals surface area contributed by atoms with Crippen molar-refractivity contribution in [3.05, 3.63) is 58.2 Å². The maximum atomic E-state index is 13.3. The Kier molecular flexibility index (Phi) is 5.35. The number of hydrogen-bond donors (Lipinski definition) is 0. The molecule has 2 aromatic rings. The number of halogens is 1. The van der Waals surface area contributed by atoms with Gasteiger partial charge in [-0.2, -0.15) is 0 Å². The Morgan fingerprint density at radius 3 is 2.04 bits per heavy atom. The molecule has 0 saturated carbocycles. The lowest BCUT2D eigenvalue weighted by Crippen LogP contribution is -2.50. The van der Waals surface area contributed by atoms with Gasteiger partial charge in [0.25, 0.3) is 5.91 Å². The third-order valence-electron chi connectivity index (χ3n) is 5.60. The standard InChI is InChI=1S/C21H26FN3O2/c1-14-15(2)20(21(27)24-11-9-23(10-12-24)17(4)26)25(16(14)3)13-18-5-7-19(22)8-6-18/h5-8H,9-13H2,1-4H3. The van der Waals surface area contributed by atoms with Crippen LogP contribution in [-0.2, 0) is 11.3 Å². The van der Waals surface area contributed by atoms with Crippen LogP contribution in [0.2, 0.25) is 0 Å². The first-order valence-corrected chi connectivity index (χ1v) is 9.25. The Labute approximate surface area is 159 Å². The fourth-order valence-corrected chi connectivity index (χ4v) is 3.64. The normalized spacial score (nSPS) is 14.6.